The van der Waals surface area contributed by atoms with Crippen LogP contribution in [0.1, 0.15) is 41.8 Å². The fourth-order valence-corrected chi connectivity index (χ4v) is 3.55. The lowest BCUT2D eigenvalue weighted by molar-refractivity contribution is -0.140. The van der Waals surface area contributed by atoms with Crippen LogP contribution in [0.4, 0.5) is 13.2 Å². The molecule has 0 unspecified atom stereocenters. The fourth-order valence-electron chi connectivity index (χ4n) is 3.55. The van der Waals surface area contributed by atoms with Gasteiger partial charge in [-0.3, -0.25) is 4.79 Å². The summed E-state index contributed by atoms with van der Waals surface area (Å²) in [6, 6.07) is 4.43. The highest BCUT2D eigenvalue weighted by atomic mass is 19.4. The molecule has 1 aromatic carbocycles. The number of methoxy groups -OCH3 is 2. The molecule has 0 aliphatic rings. The van der Waals surface area contributed by atoms with Crippen molar-refractivity contribution in [3.05, 3.63) is 66.0 Å². The number of benzene rings is 1. The van der Waals surface area contributed by atoms with Crippen molar-refractivity contribution in [2.24, 2.45) is 10.7 Å². The van der Waals surface area contributed by atoms with Crippen molar-refractivity contribution < 1.29 is 31.9 Å². The third kappa shape index (κ3) is 6.93. The zero-order chi connectivity index (χ0) is 28.7. The first-order valence-corrected chi connectivity index (χ1v) is 11.8. The van der Waals surface area contributed by atoms with E-state index in [1.54, 1.807) is 25.1 Å². The van der Waals surface area contributed by atoms with E-state index in [2.05, 4.69) is 32.2 Å². The number of alkyl halides is 3. The average Bonchev–Trinajstić information content (AvgIpc) is 3.35. The molecule has 3 rings (SSSR count). The number of nitrogens with two attached hydrogens (primary N) is 1. The van der Waals surface area contributed by atoms with Gasteiger partial charge in [0.25, 0.3) is 5.91 Å². The van der Waals surface area contributed by atoms with Gasteiger partial charge >= 0.3 is 6.18 Å². The smallest absolute Gasteiger partial charge is 0.433 e. The number of aromatic nitrogens is 2. The minimum Gasteiger partial charge on any atom is -0.494 e. The number of fused-ring (bicyclic) bond motifs is 1. The molecule has 1 atom stereocenters. The van der Waals surface area contributed by atoms with E-state index in [0.717, 1.165) is 6.07 Å². The van der Waals surface area contributed by atoms with Gasteiger partial charge in [-0.15, -0.1) is 0 Å². The van der Waals surface area contributed by atoms with Gasteiger partial charge < -0.3 is 30.3 Å². The van der Waals surface area contributed by atoms with Crippen LogP contribution in [0.2, 0.25) is 0 Å². The minimum atomic E-state index is -4.64. The predicted octanol–water partition coefficient (Wildman–Crippen LogP) is 4.35. The summed E-state index contributed by atoms with van der Waals surface area (Å²) < 4.78 is 55.9. The van der Waals surface area contributed by atoms with Gasteiger partial charge in [-0.2, -0.15) is 18.2 Å². The summed E-state index contributed by atoms with van der Waals surface area (Å²) in [4.78, 5) is 25.2. The molecule has 208 valence electrons. The maximum atomic E-state index is 13.3. The highest BCUT2D eigenvalue weighted by Crippen LogP contribution is 2.37. The number of hydrogen-bond acceptors (Lipinski definition) is 9. The topological polar surface area (TPSA) is 137 Å². The molecule has 2 aromatic heterocycles. The second kappa shape index (κ2) is 12.4. The van der Waals surface area contributed by atoms with E-state index in [0.29, 0.717) is 29.2 Å². The number of aliphatic imine (C=N–C) groups is 1. The Bertz CT molecular complexity index is 1410. The molecule has 0 spiro atoms. The Labute approximate surface area is 222 Å². The summed E-state index contributed by atoms with van der Waals surface area (Å²) in [5.74, 6) is 0.413. The fraction of sp³-hybridized carbons (Fsp3) is 0.308. The van der Waals surface area contributed by atoms with Crippen molar-refractivity contribution in [3.63, 3.8) is 0 Å². The highest BCUT2D eigenvalue weighted by molar-refractivity contribution is 5.98. The Hall–Kier alpha value is -4.39. The van der Waals surface area contributed by atoms with Crippen molar-refractivity contribution in [2.75, 3.05) is 27.3 Å². The van der Waals surface area contributed by atoms with E-state index in [9.17, 15) is 18.0 Å². The van der Waals surface area contributed by atoms with Crippen LogP contribution in [0.5, 0.6) is 5.75 Å². The lowest BCUT2D eigenvalue weighted by Crippen LogP contribution is -2.32. The van der Waals surface area contributed by atoms with Gasteiger partial charge in [-0.05, 0) is 44.2 Å². The molecule has 2 heterocycles. The van der Waals surface area contributed by atoms with Gasteiger partial charge in [0.15, 0.2) is 11.5 Å². The van der Waals surface area contributed by atoms with Crippen LogP contribution in [0, 0.1) is 0 Å². The van der Waals surface area contributed by atoms with Crippen LogP contribution in [0.25, 0.3) is 22.4 Å². The third-order valence-electron chi connectivity index (χ3n) is 5.35. The van der Waals surface area contributed by atoms with Crippen LogP contribution in [0.3, 0.4) is 0 Å². The molecule has 0 fully saturated rings. The largest absolute Gasteiger partial charge is 0.494 e. The van der Waals surface area contributed by atoms with E-state index in [4.69, 9.17) is 19.6 Å². The number of oxazole rings is 1. The Morgan fingerprint density at radius 1 is 1.21 bits per heavy atom. The molecule has 1 amide bonds. The Morgan fingerprint density at radius 3 is 2.54 bits per heavy atom. The number of rotatable bonds is 10. The molecule has 3 aromatic rings. The van der Waals surface area contributed by atoms with Gasteiger partial charge in [-0.25, -0.2) is 9.97 Å². The summed E-state index contributed by atoms with van der Waals surface area (Å²) in [6.07, 6.45) is -1.20. The number of nitrogens with zero attached hydrogens (tertiary/aromatic N) is 3. The number of carbonyl (C=O) groups is 1. The molecule has 0 bridgehead atoms. The maximum absolute atomic E-state index is 13.3. The zero-order valence-corrected chi connectivity index (χ0v) is 21.8. The van der Waals surface area contributed by atoms with Crippen molar-refractivity contribution in [3.8, 4) is 17.2 Å². The van der Waals surface area contributed by atoms with E-state index >= 15 is 0 Å². The average molecular weight is 547 g/mol. The first-order chi connectivity index (χ1) is 18.5. The molecule has 10 nitrogen and oxygen atoms in total. The quantitative estimate of drug-likeness (QED) is 0.194. The monoisotopic (exact) mass is 546 g/mol. The van der Waals surface area contributed by atoms with Gasteiger partial charge in [0.2, 0.25) is 11.8 Å². The lowest BCUT2D eigenvalue weighted by atomic mass is 10.1. The van der Waals surface area contributed by atoms with Crippen LogP contribution >= 0.6 is 0 Å². The Balaban J connectivity index is 1.84. The molecule has 0 saturated carbocycles. The normalized spacial score (nSPS) is 13.0. The SMILES string of the molecule is C=C(/N=C(\C=C/C)OC)NCCNC(=O)c1nc(-c2ccc(OC)c3nc(C(F)(F)F)ccc23)oc1[C@H](C)N. The second-order valence-corrected chi connectivity index (χ2v) is 8.21. The van der Waals surface area contributed by atoms with Crippen molar-refractivity contribution in [1.82, 2.24) is 20.6 Å². The first-order valence-electron chi connectivity index (χ1n) is 11.8. The van der Waals surface area contributed by atoms with Crippen LogP contribution < -0.4 is 21.1 Å². The molecule has 0 saturated heterocycles. The zero-order valence-electron chi connectivity index (χ0n) is 21.8. The number of carbonyl (C=O) groups excluding carboxylic acids is 1. The van der Waals surface area contributed by atoms with Gasteiger partial charge in [0.1, 0.15) is 22.8 Å². The Morgan fingerprint density at radius 2 is 1.92 bits per heavy atom. The molecule has 13 heteroatoms. The van der Waals surface area contributed by atoms with Crippen molar-refractivity contribution in [2.45, 2.75) is 26.1 Å². The molecule has 39 heavy (non-hydrogen) atoms. The third-order valence-corrected chi connectivity index (χ3v) is 5.35. The van der Waals surface area contributed by atoms with Gasteiger partial charge in [-0.1, -0.05) is 12.7 Å². The molecule has 0 aliphatic heterocycles. The van der Waals surface area contributed by atoms with E-state index in [-0.39, 0.29) is 35.2 Å². The van der Waals surface area contributed by atoms with Crippen molar-refractivity contribution in [1.29, 1.82) is 0 Å². The summed E-state index contributed by atoms with van der Waals surface area (Å²) in [7, 11) is 2.81. The molecular formula is C26H29F3N6O4. The van der Waals surface area contributed by atoms with Gasteiger partial charge in [0, 0.05) is 24.0 Å². The predicted molar refractivity (Wildman–Crippen MR) is 140 cm³/mol. The van der Waals surface area contributed by atoms with Gasteiger partial charge in [0.05, 0.1) is 20.3 Å². The van der Waals surface area contributed by atoms with Crippen LogP contribution in [0.15, 0.2) is 58.2 Å². The maximum Gasteiger partial charge on any atom is 0.433 e. The molecule has 4 N–H and O–H groups in total. The number of allylic oxidation sites excluding steroid dienone is 1. The van der Waals surface area contributed by atoms with E-state index in [1.165, 1.54) is 26.4 Å². The van der Waals surface area contributed by atoms with Crippen LogP contribution in [-0.2, 0) is 10.9 Å². The second-order valence-electron chi connectivity index (χ2n) is 8.21. The summed E-state index contributed by atoms with van der Waals surface area (Å²) in [5, 5.41) is 5.96. The number of pyridine rings is 1. The summed E-state index contributed by atoms with van der Waals surface area (Å²) >= 11 is 0. The molecule has 0 radical (unpaired) electrons. The number of amides is 1. The molecule has 0 aliphatic carbocycles. The minimum absolute atomic E-state index is 0.00132. The number of halogens is 3. The first kappa shape index (κ1) is 29.2. The Kier molecular flexibility index (Phi) is 9.30. The van der Waals surface area contributed by atoms with Crippen LogP contribution in [-0.4, -0.2) is 49.1 Å². The number of nitrogens with one attached hydrogen (secondary N) is 2. The van der Waals surface area contributed by atoms with E-state index in [1.807, 2.05) is 6.92 Å². The summed E-state index contributed by atoms with van der Waals surface area (Å²) in [6.45, 7) is 7.72. The number of hydrogen-bond donors (Lipinski definition) is 3. The standard InChI is InChI=1S/C26H29F3N6O4/c1-6-7-20(38-5)33-15(3)31-12-13-32-24(36)22-23(14(2)30)39-25(35-22)17-8-10-18(37-4)21-16(17)9-11-19(34-21)26(27,28)29/h6-11,14,31H,3,12-13,30H2,1-2,4-5H3,(H,32,36)/b7-6-,33-20+/t14-/m0/s1. The molecular weight excluding hydrogens is 517 g/mol. The highest BCUT2D eigenvalue weighted by Gasteiger charge is 2.33. The summed E-state index contributed by atoms with van der Waals surface area (Å²) in [5.41, 5.74) is 5.19. The number of ether oxygens (including phenoxy) is 2. The van der Waals surface area contributed by atoms with E-state index < -0.39 is 23.8 Å². The lowest BCUT2D eigenvalue weighted by Gasteiger charge is -2.11. The van der Waals surface area contributed by atoms with Crippen molar-refractivity contribution >= 4 is 22.7 Å².